The van der Waals surface area contributed by atoms with Crippen LogP contribution in [0.25, 0.3) is 11.5 Å². The lowest BCUT2D eigenvalue weighted by Crippen LogP contribution is -2.03. The summed E-state index contributed by atoms with van der Waals surface area (Å²) < 4.78 is 0.980. The van der Waals surface area contributed by atoms with Gasteiger partial charge in [-0.3, -0.25) is 4.98 Å². The van der Waals surface area contributed by atoms with Crippen LogP contribution in [0.5, 0.6) is 0 Å². The summed E-state index contributed by atoms with van der Waals surface area (Å²) in [7, 11) is 1.87. The Balaban J connectivity index is 2.10. The van der Waals surface area contributed by atoms with E-state index in [1.807, 2.05) is 32.3 Å². The number of nitrogens with zero attached hydrogens (tertiary/aromatic N) is 3. The summed E-state index contributed by atoms with van der Waals surface area (Å²) in [5.41, 5.74) is 3.05. The minimum absolute atomic E-state index is 0.564. The van der Waals surface area contributed by atoms with Gasteiger partial charge in [0.2, 0.25) is 0 Å². The molecule has 1 aliphatic carbocycles. The number of nitrogens with one attached hydrogen (secondary N) is 1. The second-order valence-corrected chi connectivity index (χ2v) is 5.63. The number of rotatable bonds is 3. The Morgan fingerprint density at radius 1 is 1.26 bits per heavy atom. The first-order valence-corrected chi connectivity index (χ1v) is 7.16. The van der Waals surface area contributed by atoms with E-state index < -0.39 is 0 Å². The van der Waals surface area contributed by atoms with Crippen molar-refractivity contribution in [3.63, 3.8) is 0 Å². The molecule has 1 fully saturated rings. The van der Waals surface area contributed by atoms with Gasteiger partial charge in [0.05, 0.1) is 10.2 Å². The molecule has 1 N–H and O–H groups in total. The zero-order valence-corrected chi connectivity index (χ0v) is 12.5. The van der Waals surface area contributed by atoms with Gasteiger partial charge in [0.25, 0.3) is 0 Å². The fourth-order valence-electron chi connectivity index (χ4n) is 1.97. The van der Waals surface area contributed by atoms with E-state index in [4.69, 9.17) is 0 Å². The molecule has 0 amide bonds. The third-order valence-corrected chi connectivity index (χ3v) is 4.00. The van der Waals surface area contributed by atoms with Crippen molar-refractivity contribution in [3.05, 3.63) is 34.1 Å². The molecule has 5 heteroatoms. The summed E-state index contributed by atoms with van der Waals surface area (Å²) in [6, 6.07) is 4.00. The van der Waals surface area contributed by atoms with E-state index in [-0.39, 0.29) is 0 Å². The highest BCUT2D eigenvalue weighted by atomic mass is 79.9. The van der Waals surface area contributed by atoms with Crippen LogP contribution in [-0.2, 0) is 0 Å². The van der Waals surface area contributed by atoms with Crippen molar-refractivity contribution in [2.45, 2.75) is 25.7 Å². The van der Waals surface area contributed by atoms with Crippen LogP contribution in [0.15, 0.2) is 22.8 Å². The second-order valence-electron chi connectivity index (χ2n) is 4.84. The van der Waals surface area contributed by atoms with Crippen molar-refractivity contribution < 1.29 is 0 Å². The Hall–Kier alpha value is -1.49. The molecule has 4 nitrogen and oxygen atoms in total. The number of aromatic nitrogens is 3. The molecule has 2 aromatic heterocycles. The first-order valence-electron chi connectivity index (χ1n) is 6.37. The van der Waals surface area contributed by atoms with Gasteiger partial charge >= 0.3 is 0 Å². The molecule has 0 aromatic carbocycles. The Morgan fingerprint density at radius 3 is 2.63 bits per heavy atom. The first kappa shape index (κ1) is 12.5. The van der Waals surface area contributed by atoms with Gasteiger partial charge in [-0.15, -0.1) is 0 Å². The fourth-order valence-corrected chi connectivity index (χ4v) is 2.67. The Labute approximate surface area is 120 Å². The molecule has 0 atom stereocenters. The van der Waals surface area contributed by atoms with Gasteiger partial charge in [-0.2, -0.15) is 0 Å². The Morgan fingerprint density at radius 2 is 2.05 bits per heavy atom. The van der Waals surface area contributed by atoms with Crippen LogP contribution in [0, 0.1) is 6.92 Å². The zero-order chi connectivity index (χ0) is 13.4. The SMILES string of the molecule is CNc1nc(-c2ccc(C)cn2)nc(C2CC2)c1Br. The predicted molar refractivity (Wildman–Crippen MR) is 79.2 cm³/mol. The summed E-state index contributed by atoms with van der Waals surface area (Å²) in [4.78, 5) is 13.6. The molecular weight excluding hydrogens is 304 g/mol. The minimum atomic E-state index is 0.564. The van der Waals surface area contributed by atoms with E-state index in [9.17, 15) is 0 Å². The number of pyridine rings is 1. The van der Waals surface area contributed by atoms with E-state index in [2.05, 4.69) is 36.2 Å². The number of hydrogen-bond acceptors (Lipinski definition) is 4. The van der Waals surface area contributed by atoms with Gasteiger partial charge in [0.1, 0.15) is 11.5 Å². The van der Waals surface area contributed by atoms with E-state index in [1.54, 1.807) is 0 Å². The van der Waals surface area contributed by atoms with Crippen molar-refractivity contribution in [2.24, 2.45) is 0 Å². The van der Waals surface area contributed by atoms with Crippen LogP contribution in [0.4, 0.5) is 5.82 Å². The molecule has 2 aromatic rings. The molecule has 0 saturated heterocycles. The summed E-state index contributed by atoms with van der Waals surface area (Å²) in [5, 5.41) is 3.11. The molecule has 98 valence electrons. The quantitative estimate of drug-likeness (QED) is 0.940. The molecule has 0 spiro atoms. The smallest absolute Gasteiger partial charge is 0.180 e. The van der Waals surface area contributed by atoms with Gasteiger partial charge in [0.15, 0.2) is 5.82 Å². The maximum atomic E-state index is 4.68. The van der Waals surface area contributed by atoms with Crippen molar-refractivity contribution in [3.8, 4) is 11.5 Å². The maximum Gasteiger partial charge on any atom is 0.180 e. The highest BCUT2D eigenvalue weighted by Gasteiger charge is 2.29. The van der Waals surface area contributed by atoms with Crippen LogP contribution < -0.4 is 5.32 Å². The Bertz CT molecular complexity index is 606. The molecule has 0 aliphatic heterocycles. The first-order chi connectivity index (χ1) is 9.19. The summed E-state index contributed by atoms with van der Waals surface area (Å²) >= 11 is 3.59. The number of aryl methyl sites for hydroxylation is 1. The van der Waals surface area contributed by atoms with Crippen molar-refractivity contribution in [1.82, 2.24) is 15.0 Å². The lowest BCUT2D eigenvalue weighted by Gasteiger charge is -2.10. The number of halogens is 1. The topological polar surface area (TPSA) is 50.7 Å². The normalized spacial score (nSPS) is 14.5. The molecule has 1 saturated carbocycles. The van der Waals surface area contributed by atoms with E-state index in [0.29, 0.717) is 11.7 Å². The molecule has 3 rings (SSSR count). The molecule has 2 heterocycles. The summed E-state index contributed by atoms with van der Waals surface area (Å²) in [5.74, 6) is 2.08. The van der Waals surface area contributed by atoms with Crippen LogP contribution in [0.1, 0.15) is 30.0 Å². The Kier molecular flexibility index (Phi) is 3.22. The second kappa shape index (κ2) is 4.89. The minimum Gasteiger partial charge on any atom is -0.372 e. The van der Waals surface area contributed by atoms with Gasteiger partial charge < -0.3 is 5.32 Å². The van der Waals surface area contributed by atoms with Crippen LogP contribution in [0.3, 0.4) is 0 Å². The van der Waals surface area contributed by atoms with E-state index >= 15 is 0 Å². The van der Waals surface area contributed by atoms with Crippen molar-refractivity contribution in [2.75, 3.05) is 12.4 Å². The molecule has 0 bridgehead atoms. The van der Waals surface area contributed by atoms with Crippen LogP contribution in [-0.4, -0.2) is 22.0 Å². The highest BCUT2D eigenvalue weighted by molar-refractivity contribution is 9.10. The number of anilines is 1. The monoisotopic (exact) mass is 318 g/mol. The van der Waals surface area contributed by atoms with Gasteiger partial charge in [-0.05, 0) is 47.3 Å². The third-order valence-electron chi connectivity index (χ3n) is 3.22. The summed E-state index contributed by atoms with van der Waals surface area (Å²) in [6.45, 7) is 2.02. The van der Waals surface area contributed by atoms with Gasteiger partial charge in [-0.25, -0.2) is 9.97 Å². The van der Waals surface area contributed by atoms with E-state index in [1.165, 1.54) is 12.8 Å². The zero-order valence-electron chi connectivity index (χ0n) is 10.9. The lowest BCUT2D eigenvalue weighted by molar-refractivity contribution is 0.974. The largest absolute Gasteiger partial charge is 0.372 e. The predicted octanol–water partition coefficient (Wildman–Crippen LogP) is 3.53. The molecule has 1 aliphatic rings. The van der Waals surface area contributed by atoms with Gasteiger partial charge in [0, 0.05) is 19.2 Å². The third kappa shape index (κ3) is 2.47. The van der Waals surface area contributed by atoms with E-state index in [0.717, 1.165) is 27.2 Å². The van der Waals surface area contributed by atoms with Crippen LogP contribution in [0.2, 0.25) is 0 Å². The summed E-state index contributed by atoms with van der Waals surface area (Å²) in [6.07, 6.45) is 4.26. The standard InChI is InChI=1S/C14H15BrN4/c1-8-3-6-10(17-7-8)13-18-12(9-4-5-9)11(15)14(16-2)19-13/h3,6-7,9H,4-5H2,1-2H3,(H,16,18,19). The molecular formula is C14H15BrN4. The highest BCUT2D eigenvalue weighted by Crippen LogP contribution is 2.44. The van der Waals surface area contributed by atoms with Crippen molar-refractivity contribution >= 4 is 21.7 Å². The molecule has 0 unspecified atom stereocenters. The maximum absolute atomic E-state index is 4.68. The van der Waals surface area contributed by atoms with Crippen molar-refractivity contribution in [1.29, 1.82) is 0 Å². The van der Waals surface area contributed by atoms with Crippen LogP contribution >= 0.6 is 15.9 Å². The molecule has 19 heavy (non-hydrogen) atoms. The average Bonchev–Trinajstić information content (AvgIpc) is 3.24. The number of hydrogen-bond donors (Lipinski definition) is 1. The fraction of sp³-hybridized carbons (Fsp3) is 0.357. The average molecular weight is 319 g/mol. The molecule has 0 radical (unpaired) electrons. The van der Waals surface area contributed by atoms with Gasteiger partial charge in [-0.1, -0.05) is 6.07 Å². The lowest BCUT2D eigenvalue weighted by atomic mass is 10.2.